The molecule has 1 aliphatic carbocycles. The molecule has 1 atom stereocenters. The minimum atomic E-state index is -0.339. The van der Waals surface area contributed by atoms with Gasteiger partial charge in [0.2, 0.25) is 0 Å². The number of carbonyl (C=O) groups is 1. The van der Waals surface area contributed by atoms with Crippen LogP contribution in [0.4, 0.5) is 11.5 Å². The standard InChI is InChI=1S/C26H29N5O2S/c27-20(18-9-3-1-4-10-18)17-25(32)33-23-14-8-7-13-22(23)28-26(34)29-24-16-15-21(30-31-24)19-11-5-2-6-12-19/h2,5-8,11-16,18,20H,1,3-4,9-10,17,27H2,(H2,28,29,31,34). The molecule has 34 heavy (non-hydrogen) atoms. The number of hydrogen-bond donors (Lipinski definition) is 3. The molecular formula is C26H29N5O2S. The Kier molecular flexibility index (Phi) is 8.17. The number of nitrogens with two attached hydrogens (primary N) is 1. The lowest BCUT2D eigenvalue weighted by molar-refractivity contribution is -0.135. The summed E-state index contributed by atoms with van der Waals surface area (Å²) in [6.45, 7) is 0. The zero-order valence-corrected chi connectivity index (χ0v) is 19.8. The van der Waals surface area contributed by atoms with E-state index in [1.165, 1.54) is 19.3 Å². The second-order valence-corrected chi connectivity index (χ2v) is 8.89. The van der Waals surface area contributed by atoms with Gasteiger partial charge < -0.3 is 21.1 Å². The molecule has 4 rings (SSSR count). The lowest BCUT2D eigenvalue weighted by Gasteiger charge is -2.26. The summed E-state index contributed by atoms with van der Waals surface area (Å²) in [5.74, 6) is 0.956. The van der Waals surface area contributed by atoms with Crippen molar-refractivity contribution >= 4 is 34.8 Å². The largest absolute Gasteiger partial charge is 0.424 e. The van der Waals surface area contributed by atoms with E-state index in [0.717, 1.165) is 24.1 Å². The van der Waals surface area contributed by atoms with Gasteiger partial charge in [-0.05, 0) is 55.2 Å². The van der Waals surface area contributed by atoms with Crippen LogP contribution >= 0.6 is 12.2 Å². The van der Waals surface area contributed by atoms with E-state index >= 15 is 0 Å². The molecule has 1 heterocycles. The summed E-state index contributed by atoms with van der Waals surface area (Å²) in [5.41, 5.74) is 8.63. The van der Waals surface area contributed by atoms with Crippen molar-refractivity contribution in [2.45, 2.75) is 44.6 Å². The van der Waals surface area contributed by atoms with Gasteiger partial charge in [-0.2, -0.15) is 0 Å². The summed E-state index contributed by atoms with van der Waals surface area (Å²) in [7, 11) is 0. The van der Waals surface area contributed by atoms with Gasteiger partial charge in [0, 0.05) is 11.6 Å². The topological polar surface area (TPSA) is 102 Å². The number of carbonyl (C=O) groups excluding carboxylic acids is 1. The van der Waals surface area contributed by atoms with Gasteiger partial charge >= 0.3 is 5.97 Å². The van der Waals surface area contributed by atoms with Crippen molar-refractivity contribution in [1.82, 2.24) is 10.2 Å². The Morgan fingerprint density at radius 3 is 2.44 bits per heavy atom. The Morgan fingerprint density at radius 2 is 1.71 bits per heavy atom. The van der Waals surface area contributed by atoms with E-state index in [4.69, 9.17) is 22.7 Å². The Bertz CT molecular complexity index is 1100. The minimum absolute atomic E-state index is 0.173. The molecule has 3 aromatic rings. The molecule has 1 aliphatic rings. The second-order valence-electron chi connectivity index (χ2n) is 8.49. The molecule has 0 spiro atoms. The summed E-state index contributed by atoms with van der Waals surface area (Å²) >= 11 is 5.42. The summed E-state index contributed by atoms with van der Waals surface area (Å²) < 4.78 is 5.63. The summed E-state index contributed by atoms with van der Waals surface area (Å²) in [6, 6.07) is 20.5. The SMILES string of the molecule is NC(CC(=O)Oc1ccccc1NC(=S)Nc1ccc(-c2ccccc2)nn1)C1CCCCC1. The second kappa shape index (κ2) is 11.7. The van der Waals surface area contributed by atoms with Crippen LogP contribution < -0.4 is 21.1 Å². The number of esters is 1. The molecule has 0 aliphatic heterocycles. The van der Waals surface area contributed by atoms with Crippen LogP contribution in [0.1, 0.15) is 38.5 Å². The van der Waals surface area contributed by atoms with E-state index in [1.807, 2.05) is 48.5 Å². The van der Waals surface area contributed by atoms with Crippen molar-refractivity contribution in [1.29, 1.82) is 0 Å². The van der Waals surface area contributed by atoms with Gasteiger partial charge in [-0.3, -0.25) is 4.79 Å². The van der Waals surface area contributed by atoms with Crippen LogP contribution in [0.3, 0.4) is 0 Å². The van der Waals surface area contributed by atoms with E-state index in [-0.39, 0.29) is 18.4 Å². The number of aromatic nitrogens is 2. The zero-order valence-electron chi connectivity index (χ0n) is 18.9. The first-order valence-electron chi connectivity index (χ1n) is 11.6. The fourth-order valence-electron chi connectivity index (χ4n) is 4.18. The molecule has 0 amide bonds. The van der Waals surface area contributed by atoms with Crippen molar-refractivity contribution in [3.63, 3.8) is 0 Å². The lowest BCUT2D eigenvalue weighted by Crippen LogP contribution is -2.35. The average Bonchev–Trinajstić information content (AvgIpc) is 2.86. The maximum Gasteiger partial charge on any atom is 0.312 e. The predicted molar refractivity (Wildman–Crippen MR) is 139 cm³/mol. The van der Waals surface area contributed by atoms with Gasteiger partial charge in [0.05, 0.1) is 17.8 Å². The van der Waals surface area contributed by atoms with E-state index in [9.17, 15) is 4.79 Å². The Hall–Kier alpha value is -3.36. The third-order valence-corrected chi connectivity index (χ3v) is 6.20. The number of rotatable bonds is 7. The number of hydrogen-bond acceptors (Lipinski definition) is 6. The third-order valence-electron chi connectivity index (χ3n) is 5.99. The smallest absolute Gasteiger partial charge is 0.312 e. The molecule has 1 fully saturated rings. The molecule has 1 saturated carbocycles. The zero-order chi connectivity index (χ0) is 23.8. The maximum atomic E-state index is 12.5. The van der Waals surface area contributed by atoms with E-state index in [1.54, 1.807) is 18.2 Å². The highest BCUT2D eigenvalue weighted by Crippen LogP contribution is 2.28. The molecule has 176 valence electrons. The number of benzene rings is 2. The summed E-state index contributed by atoms with van der Waals surface area (Å²) in [4.78, 5) is 12.5. The van der Waals surface area contributed by atoms with Crippen LogP contribution in [0, 0.1) is 5.92 Å². The van der Waals surface area contributed by atoms with Crippen LogP contribution in [0.2, 0.25) is 0 Å². The molecule has 1 aromatic heterocycles. The monoisotopic (exact) mass is 475 g/mol. The lowest BCUT2D eigenvalue weighted by atomic mass is 9.83. The number of para-hydroxylation sites is 2. The van der Waals surface area contributed by atoms with Gasteiger partial charge in [0.15, 0.2) is 16.7 Å². The van der Waals surface area contributed by atoms with Gasteiger partial charge in [-0.15, -0.1) is 10.2 Å². The molecule has 0 radical (unpaired) electrons. The Labute approximate surface area is 205 Å². The summed E-state index contributed by atoms with van der Waals surface area (Å²) in [6.07, 6.45) is 5.99. The van der Waals surface area contributed by atoms with E-state index < -0.39 is 0 Å². The maximum absolute atomic E-state index is 12.5. The number of ether oxygens (including phenoxy) is 1. The fraction of sp³-hybridized carbons (Fsp3) is 0.308. The van der Waals surface area contributed by atoms with Crippen LogP contribution in [0.15, 0.2) is 66.7 Å². The fourth-order valence-corrected chi connectivity index (χ4v) is 4.39. The number of thiocarbonyl (C=S) groups is 1. The van der Waals surface area contributed by atoms with Gasteiger partial charge in [-0.25, -0.2) is 0 Å². The van der Waals surface area contributed by atoms with Crippen LogP contribution in [-0.4, -0.2) is 27.3 Å². The molecule has 2 aromatic carbocycles. The highest BCUT2D eigenvalue weighted by atomic mass is 32.1. The number of nitrogens with one attached hydrogen (secondary N) is 2. The van der Waals surface area contributed by atoms with Crippen molar-refractivity contribution < 1.29 is 9.53 Å². The first kappa shape index (κ1) is 23.8. The number of nitrogens with zero attached hydrogens (tertiary/aromatic N) is 2. The quantitative estimate of drug-likeness (QED) is 0.245. The Balaban J connectivity index is 1.33. The van der Waals surface area contributed by atoms with Crippen LogP contribution in [0.25, 0.3) is 11.3 Å². The molecule has 4 N–H and O–H groups in total. The van der Waals surface area contributed by atoms with Crippen molar-refractivity contribution in [3.8, 4) is 17.0 Å². The van der Waals surface area contributed by atoms with Crippen molar-refractivity contribution in [2.24, 2.45) is 11.7 Å². The van der Waals surface area contributed by atoms with Crippen LogP contribution in [0.5, 0.6) is 5.75 Å². The highest BCUT2D eigenvalue weighted by Gasteiger charge is 2.24. The third kappa shape index (κ3) is 6.59. The normalized spacial score (nSPS) is 14.7. The van der Waals surface area contributed by atoms with Crippen molar-refractivity contribution in [3.05, 3.63) is 66.7 Å². The molecular weight excluding hydrogens is 446 g/mol. The molecule has 0 bridgehead atoms. The van der Waals surface area contributed by atoms with Gasteiger partial charge in [0.1, 0.15) is 0 Å². The first-order chi connectivity index (χ1) is 16.6. The first-order valence-corrected chi connectivity index (χ1v) is 12.0. The van der Waals surface area contributed by atoms with Crippen LogP contribution in [-0.2, 0) is 4.79 Å². The van der Waals surface area contributed by atoms with E-state index in [0.29, 0.717) is 28.3 Å². The molecule has 0 saturated heterocycles. The predicted octanol–water partition coefficient (Wildman–Crippen LogP) is 5.16. The number of anilines is 2. The minimum Gasteiger partial charge on any atom is -0.424 e. The van der Waals surface area contributed by atoms with Crippen molar-refractivity contribution in [2.75, 3.05) is 10.6 Å². The molecule has 1 unspecified atom stereocenters. The average molecular weight is 476 g/mol. The highest BCUT2D eigenvalue weighted by molar-refractivity contribution is 7.80. The van der Waals surface area contributed by atoms with E-state index in [2.05, 4.69) is 20.8 Å². The molecule has 8 heteroatoms. The molecule has 7 nitrogen and oxygen atoms in total. The Morgan fingerprint density at radius 1 is 0.971 bits per heavy atom. The summed E-state index contributed by atoms with van der Waals surface area (Å²) in [5, 5.41) is 14.8. The van der Waals surface area contributed by atoms with Gasteiger partial charge in [-0.1, -0.05) is 61.7 Å². The van der Waals surface area contributed by atoms with Gasteiger partial charge in [0.25, 0.3) is 0 Å².